The summed E-state index contributed by atoms with van der Waals surface area (Å²) in [5.74, 6) is -0.234. The standard InChI is InChI=1S/C23H35N5O3/c24-22(30)23(28-10-2-1-3-11-28)8-12-26(13-9-23)18-21(29)25-19-4-6-20(7-5-19)27-14-16-31-17-15-27/h4-7H,1-3,8-18H2,(H2,24,30)(H,25,29). The van der Waals surface area contributed by atoms with Crippen LogP contribution in [0.3, 0.4) is 0 Å². The fourth-order valence-corrected chi connectivity index (χ4v) is 5.10. The quantitative estimate of drug-likeness (QED) is 0.708. The van der Waals surface area contributed by atoms with Gasteiger partial charge in [-0.2, -0.15) is 0 Å². The fourth-order valence-electron chi connectivity index (χ4n) is 5.10. The zero-order valence-corrected chi connectivity index (χ0v) is 18.4. The number of carbonyl (C=O) groups is 2. The van der Waals surface area contributed by atoms with Crippen LogP contribution in [0, 0.1) is 0 Å². The van der Waals surface area contributed by atoms with Crippen molar-refractivity contribution in [2.45, 2.75) is 37.6 Å². The van der Waals surface area contributed by atoms with Crippen molar-refractivity contribution in [2.75, 3.05) is 69.2 Å². The molecule has 0 saturated carbocycles. The highest BCUT2D eigenvalue weighted by Gasteiger charge is 2.45. The summed E-state index contributed by atoms with van der Waals surface area (Å²) in [6.07, 6.45) is 4.88. The van der Waals surface area contributed by atoms with E-state index in [4.69, 9.17) is 10.5 Å². The second-order valence-electron chi connectivity index (χ2n) is 8.91. The molecule has 8 heteroatoms. The van der Waals surface area contributed by atoms with Gasteiger partial charge in [-0.15, -0.1) is 0 Å². The molecule has 2 amide bonds. The first-order valence-electron chi connectivity index (χ1n) is 11.6. The lowest BCUT2D eigenvalue weighted by atomic mass is 9.83. The third-order valence-corrected chi connectivity index (χ3v) is 7.00. The van der Waals surface area contributed by atoms with Crippen LogP contribution in [-0.2, 0) is 14.3 Å². The number of likely N-dealkylation sites (tertiary alicyclic amines) is 2. The average molecular weight is 430 g/mol. The lowest BCUT2D eigenvalue weighted by Crippen LogP contribution is -2.63. The number of piperidine rings is 2. The largest absolute Gasteiger partial charge is 0.378 e. The summed E-state index contributed by atoms with van der Waals surface area (Å²) in [5, 5.41) is 3.00. The molecule has 8 nitrogen and oxygen atoms in total. The first kappa shape index (κ1) is 22.0. The zero-order chi connectivity index (χ0) is 21.7. The van der Waals surface area contributed by atoms with Gasteiger partial charge in [0.2, 0.25) is 11.8 Å². The Hall–Kier alpha value is -2.16. The number of hydrogen-bond donors (Lipinski definition) is 2. The van der Waals surface area contributed by atoms with Crippen molar-refractivity contribution in [3.63, 3.8) is 0 Å². The molecule has 3 N–H and O–H groups in total. The number of nitrogens with two attached hydrogens (primary N) is 1. The minimum Gasteiger partial charge on any atom is -0.378 e. The zero-order valence-electron chi connectivity index (χ0n) is 18.4. The molecule has 4 rings (SSSR count). The van der Waals surface area contributed by atoms with Gasteiger partial charge >= 0.3 is 0 Å². The van der Waals surface area contributed by atoms with E-state index in [9.17, 15) is 9.59 Å². The van der Waals surface area contributed by atoms with Gasteiger partial charge in [0, 0.05) is 37.6 Å². The summed E-state index contributed by atoms with van der Waals surface area (Å²) in [6.45, 7) is 6.95. The number of morpholine rings is 1. The molecule has 170 valence electrons. The summed E-state index contributed by atoms with van der Waals surface area (Å²) >= 11 is 0. The molecule has 3 aliphatic heterocycles. The van der Waals surface area contributed by atoms with E-state index in [1.54, 1.807) is 0 Å². The van der Waals surface area contributed by atoms with E-state index in [1.807, 2.05) is 24.3 Å². The van der Waals surface area contributed by atoms with E-state index in [-0.39, 0.29) is 11.8 Å². The number of carbonyl (C=O) groups excluding carboxylic acids is 2. The van der Waals surface area contributed by atoms with Crippen LogP contribution in [0.4, 0.5) is 11.4 Å². The molecule has 1 aromatic carbocycles. The fraction of sp³-hybridized carbons (Fsp3) is 0.652. The van der Waals surface area contributed by atoms with Crippen molar-refractivity contribution in [3.8, 4) is 0 Å². The Morgan fingerprint density at radius 3 is 2.19 bits per heavy atom. The molecule has 0 spiro atoms. The van der Waals surface area contributed by atoms with E-state index in [0.29, 0.717) is 32.5 Å². The molecule has 3 saturated heterocycles. The number of primary amides is 1. The minimum atomic E-state index is -0.539. The maximum absolute atomic E-state index is 12.6. The Labute approximate surface area is 184 Å². The summed E-state index contributed by atoms with van der Waals surface area (Å²) in [7, 11) is 0. The Bertz CT molecular complexity index is 749. The Balaban J connectivity index is 1.27. The van der Waals surface area contributed by atoms with E-state index in [2.05, 4.69) is 20.0 Å². The van der Waals surface area contributed by atoms with Gasteiger partial charge < -0.3 is 20.7 Å². The summed E-state index contributed by atoms with van der Waals surface area (Å²) < 4.78 is 5.40. The SMILES string of the molecule is NC(=O)C1(N2CCCCC2)CCN(CC(=O)Nc2ccc(N3CCOCC3)cc2)CC1. The molecular formula is C23H35N5O3. The highest BCUT2D eigenvalue weighted by Crippen LogP contribution is 2.31. The third kappa shape index (κ3) is 5.19. The first-order valence-corrected chi connectivity index (χ1v) is 11.6. The van der Waals surface area contributed by atoms with Gasteiger partial charge in [-0.25, -0.2) is 0 Å². The Kier molecular flexibility index (Phi) is 7.09. The second kappa shape index (κ2) is 9.97. The number of ether oxygens (including phenoxy) is 1. The number of amides is 2. The van der Waals surface area contributed by atoms with E-state index in [1.165, 1.54) is 6.42 Å². The van der Waals surface area contributed by atoms with Gasteiger partial charge in [-0.05, 0) is 63.0 Å². The van der Waals surface area contributed by atoms with Crippen LogP contribution in [0.25, 0.3) is 0 Å². The van der Waals surface area contributed by atoms with Crippen LogP contribution in [-0.4, -0.2) is 86.2 Å². The average Bonchev–Trinajstić information content (AvgIpc) is 2.81. The molecule has 0 unspecified atom stereocenters. The predicted octanol–water partition coefficient (Wildman–Crippen LogP) is 1.27. The topological polar surface area (TPSA) is 91.1 Å². The maximum Gasteiger partial charge on any atom is 0.238 e. The number of rotatable bonds is 6. The normalized spacial score (nSPS) is 22.8. The molecule has 0 bridgehead atoms. The lowest BCUT2D eigenvalue weighted by Gasteiger charge is -2.48. The molecule has 31 heavy (non-hydrogen) atoms. The van der Waals surface area contributed by atoms with E-state index < -0.39 is 5.54 Å². The van der Waals surface area contributed by atoms with E-state index in [0.717, 1.165) is 63.6 Å². The molecule has 3 fully saturated rings. The molecule has 1 aromatic rings. The van der Waals surface area contributed by atoms with Gasteiger partial charge in [0.15, 0.2) is 0 Å². The summed E-state index contributed by atoms with van der Waals surface area (Å²) in [4.78, 5) is 31.7. The number of anilines is 2. The highest BCUT2D eigenvalue weighted by atomic mass is 16.5. The number of nitrogens with zero attached hydrogens (tertiary/aromatic N) is 3. The predicted molar refractivity (Wildman–Crippen MR) is 121 cm³/mol. The van der Waals surface area contributed by atoms with Crippen molar-refractivity contribution in [3.05, 3.63) is 24.3 Å². The van der Waals surface area contributed by atoms with Crippen molar-refractivity contribution in [1.29, 1.82) is 0 Å². The Morgan fingerprint density at radius 2 is 1.58 bits per heavy atom. The monoisotopic (exact) mass is 429 g/mol. The van der Waals surface area contributed by atoms with Crippen LogP contribution < -0.4 is 16.0 Å². The van der Waals surface area contributed by atoms with Crippen LogP contribution in [0.5, 0.6) is 0 Å². The Morgan fingerprint density at radius 1 is 0.935 bits per heavy atom. The highest BCUT2D eigenvalue weighted by molar-refractivity contribution is 5.92. The molecule has 3 heterocycles. The second-order valence-corrected chi connectivity index (χ2v) is 8.91. The number of hydrogen-bond acceptors (Lipinski definition) is 6. The lowest BCUT2D eigenvalue weighted by molar-refractivity contribution is -0.135. The van der Waals surface area contributed by atoms with Crippen molar-refractivity contribution >= 4 is 23.2 Å². The summed E-state index contributed by atoms with van der Waals surface area (Å²) in [6, 6.07) is 7.99. The van der Waals surface area contributed by atoms with Crippen molar-refractivity contribution in [1.82, 2.24) is 9.80 Å². The number of benzene rings is 1. The van der Waals surface area contributed by atoms with E-state index >= 15 is 0 Å². The first-order chi connectivity index (χ1) is 15.1. The van der Waals surface area contributed by atoms with Gasteiger partial charge in [0.25, 0.3) is 0 Å². The van der Waals surface area contributed by atoms with Gasteiger partial charge in [0.05, 0.1) is 19.8 Å². The molecule has 0 atom stereocenters. The van der Waals surface area contributed by atoms with Crippen LogP contribution in [0.1, 0.15) is 32.1 Å². The molecule has 0 radical (unpaired) electrons. The van der Waals surface area contributed by atoms with Crippen LogP contribution in [0.2, 0.25) is 0 Å². The van der Waals surface area contributed by atoms with Crippen molar-refractivity contribution in [2.24, 2.45) is 5.73 Å². The van der Waals surface area contributed by atoms with Crippen LogP contribution in [0.15, 0.2) is 24.3 Å². The van der Waals surface area contributed by atoms with Gasteiger partial charge in [-0.3, -0.25) is 19.4 Å². The third-order valence-electron chi connectivity index (χ3n) is 7.00. The summed E-state index contributed by atoms with van der Waals surface area (Å²) in [5.41, 5.74) is 7.28. The molecule has 0 aromatic heterocycles. The molecular weight excluding hydrogens is 394 g/mol. The van der Waals surface area contributed by atoms with Crippen molar-refractivity contribution < 1.29 is 14.3 Å². The smallest absolute Gasteiger partial charge is 0.238 e. The molecule has 3 aliphatic rings. The van der Waals surface area contributed by atoms with Gasteiger partial charge in [-0.1, -0.05) is 6.42 Å². The van der Waals surface area contributed by atoms with Crippen LogP contribution >= 0.6 is 0 Å². The minimum absolute atomic E-state index is 0.0244. The maximum atomic E-state index is 12.6. The molecule has 0 aliphatic carbocycles. The number of nitrogens with one attached hydrogen (secondary N) is 1. The van der Waals surface area contributed by atoms with Gasteiger partial charge in [0.1, 0.15) is 5.54 Å².